The number of hydrogen-bond donors (Lipinski definition) is 1. The summed E-state index contributed by atoms with van der Waals surface area (Å²) in [6, 6.07) is 16.3. The van der Waals surface area contributed by atoms with Gasteiger partial charge in [0.15, 0.2) is 0 Å². The van der Waals surface area contributed by atoms with Crippen LogP contribution in [0.4, 0.5) is 0 Å². The largest absolute Gasteiger partial charge is 0.492 e. The van der Waals surface area contributed by atoms with Crippen molar-refractivity contribution in [3.8, 4) is 5.75 Å². The Morgan fingerprint density at radius 3 is 2.71 bits per heavy atom. The van der Waals surface area contributed by atoms with E-state index in [0.29, 0.717) is 6.61 Å². The Balaban J connectivity index is 1.89. The number of hydrogen-bond acceptors (Lipinski definition) is 3. The van der Waals surface area contributed by atoms with E-state index in [-0.39, 0.29) is 0 Å². The van der Waals surface area contributed by atoms with Gasteiger partial charge < -0.3 is 9.84 Å². The first kappa shape index (κ1) is 14.1. The van der Waals surface area contributed by atoms with Crippen LogP contribution in [0.1, 0.15) is 23.5 Å². The van der Waals surface area contributed by atoms with Crippen molar-refractivity contribution in [3.05, 3.63) is 64.4 Å². The van der Waals surface area contributed by atoms with Crippen molar-refractivity contribution in [2.75, 3.05) is 6.61 Å². The second-order valence-corrected chi connectivity index (χ2v) is 6.09. The fourth-order valence-electron chi connectivity index (χ4n) is 2.46. The predicted octanol–water partition coefficient (Wildman–Crippen LogP) is 4.58. The molecule has 2 nitrogen and oxygen atoms in total. The Bertz CT molecular complexity index is 717. The number of ether oxygens (including phenoxy) is 1. The highest BCUT2D eigenvalue weighted by atomic mass is 32.1. The molecule has 1 aromatic heterocycles. The van der Waals surface area contributed by atoms with Gasteiger partial charge in [-0.15, -0.1) is 11.3 Å². The molecule has 0 fully saturated rings. The molecule has 1 N–H and O–H groups in total. The van der Waals surface area contributed by atoms with Crippen LogP contribution in [-0.4, -0.2) is 11.7 Å². The summed E-state index contributed by atoms with van der Waals surface area (Å²) in [7, 11) is 0. The zero-order chi connectivity index (χ0) is 14.7. The normalized spacial score (nSPS) is 12.5. The van der Waals surface area contributed by atoms with Crippen molar-refractivity contribution in [1.29, 1.82) is 0 Å². The number of rotatable bonds is 5. The van der Waals surface area contributed by atoms with Crippen LogP contribution in [0.3, 0.4) is 0 Å². The Labute approximate surface area is 128 Å². The molecule has 0 spiro atoms. The number of thiophene rings is 1. The molecule has 0 saturated carbocycles. The number of aliphatic hydroxyl groups is 1. The van der Waals surface area contributed by atoms with Crippen molar-refractivity contribution in [2.45, 2.75) is 19.4 Å². The van der Waals surface area contributed by atoms with Crippen LogP contribution in [0.25, 0.3) is 10.8 Å². The number of benzene rings is 2. The maximum Gasteiger partial charge on any atom is 0.132 e. The van der Waals surface area contributed by atoms with Gasteiger partial charge in [-0.05, 0) is 23.8 Å². The monoisotopic (exact) mass is 298 g/mol. The smallest absolute Gasteiger partial charge is 0.132 e. The van der Waals surface area contributed by atoms with Crippen LogP contribution in [0, 0.1) is 0 Å². The van der Waals surface area contributed by atoms with Gasteiger partial charge in [-0.25, -0.2) is 0 Å². The van der Waals surface area contributed by atoms with E-state index in [9.17, 15) is 5.11 Å². The van der Waals surface area contributed by atoms with Gasteiger partial charge in [-0.1, -0.05) is 42.5 Å². The molecule has 0 unspecified atom stereocenters. The summed E-state index contributed by atoms with van der Waals surface area (Å²) in [5.41, 5.74) is 0.847. The van der Waals surface area contributed by atoms with Crippen LogP contribution < -0.4 is 4.74 Å². The lowest BCUT2D eigenvalue weighted by atomic mass is 10.0. The Morgan fingerprint density at radius 1 is 1.10 bits per heavy atom. The summed E-state index contributed by atoms with van der Waals surface area (Å²) in [6.45, 7) is 2.39. The van der Waals surface area contributed by atoms with Gasteiger partial charge in [0.1, 0.15) is 5.75 Å². The maximum absolute atomic E-state index is 9.97. The Hall–Kier alpha value is -1.84. The summed E-state index contributed by atoms with van der Waals surface area (Å²) in [4.78, 5) is 1.31. The Kier molecular flexibility index (Phi) is 4.23. The third kappa shape index (κ3) is 3.09. The molecule has 21 heavy (non-hydrogen) atoms. The third-order valence-corrected chi connectivity index (χ3v) is 4.47. The van der Waals surface area contributed by atoms with Crippen LogP contribution >= 0.6 is 11.3 Å². The van der Waals surface area contributed by atoms with Gasteiger partial charge in [0.2, 0.25) is 0 Å². The molecular formula is C18H18O2S. The second-order valence-electron chi connectivity index (χ2n) is 5.06. The fraction of sp³-hybridized carbons (Fsp3) is 0.222. The van der Waals surface area contributed by atoms with Gasteiger partial charge in [-0.2, -0.15) is 0 Å². The van der Waals surface area contributed by atoms with Gasteiger partial charge in [0.05, 0.1) is 12.7 Å². The van der Waals surface area contributed by atoms with E-state index in [1.54, 1.807) is 18.3 Å². The zero-order valence-electron chi connectivity index (χ0n) is 12.0. The zero-order valence-corrected chi connectivity index (χ0v) is 12.8. The lowest BCUT2D eigenvalue weighted by molar-refractivity contribution is 0.192. The van der Waals surface area contributed by atoms with Crippen LogP contribution in [0.5, 0.6) is 5.75 Å². The molecule has 0 radical (unpaired) electrons. The molecule has 2 aromatic carbocycles. The van der Waals surface area contributed by atoms with E-state index >= 15 is 0 Å². The van der Waals surface area contributed by atoms with Crippen molar-refractivity contribution in [3.63, 3.8) is 0 Å². The van der Waals surface area contributed by atoms with E-state index in [4.69, 9.17) is 4.74 Å². The van der Waals surface area contributed by atoms with E-state index in [2.05, 4.69) is 23.6 Å². The van der Waals surface area contributed by atoms with E-state index in [1.165, 1.54) is 4.88 Å². The highest BCUT2D eigenvalue weighted by molar-refractivity contribution is 7.09. The molecule has 0 aliphatic heterocycles. The highest BCUT2D eigenvalue weighted by Crippen LogP contribution is 2.33. The van der Waals surface area contributed by atoms with Crippen molar-refractivity contribution < 1.29 is 9.84 Å². The number of fused-ring (bicyclic) bond motifs is 1. The van der Waals surface area contributed by atoms with Crippen LogP contribution in [0.15, 0.2) is 53.9 Å². The molecule has 0 saturated heterocycles. The Morgan fingerprint density at radius 2 is 1.95 bits per heavy atom. The first-order chi connectivity index (χ1) is 10.3. The lowest BCUT2D eigenvalue weighted by Gasteiger charge is -2.16. The molecular weight excluding hydrogens is 280 g/mol. The van der Waals surface area contributed by atoms with Crippen molar-refractivity contribution >= 4 is 22.1 Å². The van der Waals surface area contributed by atoms with Crippen molar-refractivity contribution in [1.82, 2.24) is 0 Å². The molecule has 0 aliphatic rings. The van der Waals surface area contributed by atoms with E-state index < -0.39 is 6.10 Å². The van der Waals surface area contributed by atoms with Gasteiger partial charge in [0, 0.05) is 22.2 Å². The first-order valence-corrected chi connectivity index (χ1v) is 7.98. The fourth-order valence-corrected chi connectivity index (χ4v) is 3.15. The average Bonchev–Trinajstić information content (AvgIpc) is 3.00. The molecule has 3 aromatic rings. The van der Waals surface area contributed by atoms with Gasteiger partial charge in [-0.3, -0.25) is 0 Å². The SMILES string of the molecule is C[C@@H](O)c1ccc2ccccc2c1OCCc1cccs1. The van der Waals surface area contributed by atoms with E-state index in [0.717, 1.165) is 28.5 Å². The molecule has 3 rings (SSSR count). The summed E-state index contributed by atoms with van der Waals surface area (Å²) in [6.07, 6.45) is 0.353. The standard InChI is InChI=1S/C18H18O2S/c1-13(19)16-9-8-14-5-2-3-7-17(14)18(16)20-11-10-15-6-4-12-21-15/h2-9,12-13,19H,10-11H2,1H3/t13-/m1/s1. The minimum absolute atomic E-state index is 0.536. The highest BCUT2D eigenvalue weighted by Gasteiger charge is 2.13. The average molecular weight is 298 g/mol. The number of aliphatic hydroxyl groups excluding tert-OH is 1. The molecule has 1 heterocycles. The van der Waals surface area contributed by atoms with Crippen LogP contribution in [0.2, 0.25) is 0 Å². The summed E-state index contributed by atoms with van der Waals surface area (Å²) in [5.74, 6) is 0.805. The molecule has 0 aliphatic carbocycles. The molecule has 1 atom stereocenters. The maximum atomic E-state index is 9.97. The third-order valence-electron chi connectivity index (χ3n) is 3.54. The summed E-state index contributed by atoms with van der Waals surface area (Å²) in [5, 5.41) is 14.2. The predicted molar refractivity (Wildman–Crippen MR) is 88.1 cm³/mol. The molecule has 108 valence electrons. The minimum Gasteiger partial charge on any atom is -0.492 e. The second kappa shape index (κ2) is 6.29. The summed E-state index contributed by atoms with van der Waals surface area (Å²) < 4.78 is 6.03. The molecule has 0 bridgehead atoms. The van der Waals surface area contributed by atoms with Crippen molar-refractivity contribution in [2.24, 2.45) is 0 Å². The lowest BCUT2D eigenvalue weighted by Crippen LogP contribution is -2.04. The molecule has 0 amide bonds. The van der Waals surface area contributed by atoms with Crippen LogP contribution in [-0.2, 0) is 6.42 Å². The quantitative estimate of drug-likeness (QED) is 0.747. The first-order valence-electron chi connectivity index (χ1n) is 7.10. The topological polar surface area (TPSA) is 29.5 Å². The van der Waals surface area contributed by atoms with Gasteiger partial charge >= 0.3 is 0 Å². The minimum atomic E-state index is -0.536. The summed E-state index contributed by atoms with van der Waals surface area (Å²) >= 11 is 1.74. The van der Waals surface area contributed by atoms with E-state index in [1.807, 2.05) is 30.3 Å². The van der Waals surface area contributed by atoms with Gasteiger partial charge in [0.25, 0.3) is 0 Å². The molecule has 3 heteroatoms.